The molecule has 0 spiro atoms. The number of nitrogens with zero attached hydrogens (tertiary/aromatic N) is 4. The first-order valence-corrected chi connectivity index (χ1v) is 8.36. The van der Waals surface area contributed by atoms with Crippen LogP contribution in [0.1, 0.15) is 33.1 Å². The van der Waals surface area contributed by atoms with Gasteiger partial charge in [0.15, 0.2) is 0 Å². The highest BCUT2D eigenvalue weighted by molar-refractivity contribution is 5.75. The molecule has 24 heavy (non-hydrogen) atoms. The smallest absolute Gasteiger partial charge is 0.243 e. The van der Waals surface area contributed by atoms with Crippen LogP contribution in [0.15, 0.2) is 24.3 Å². The molecule has 0 unspecified atom stereocenters. The Bertz CT molecular complexity index is 717. The van der Waals surface area contributed by atoms with Crippen LogP contribution in [0.2, 0.25) is 0 Å². The first kappa shape index (κ1) is 16.5. The number of nitrogens with one attached hydrogen (secondary N) is 1. The molecule has 0 radical (unpaired) electrons. The van der Waals surface area contributed by atoms with E-state index in [1.807, 2.05) is 0 Å². The Hall–Kier alpha value is -2.31. The number of hydrogen-bond acceptors (Lipinski definition) is 4. The van der Waals surface area contributed by atoms with E-state index < -0.39 is 0 Å². The van der Waals surface area contributed by atoms with Gasteiger partial charge in [-0.2, -0.15) is 4.80 Å². The lowest BCUT2D eigenvalue weighted by Crippen LogP contribution is -2.45. The highest BCUT2D eigenvalue weighted by Crippen LogP contribution is 2.29. The minimum absolute atomic E-state index is 0.0138. The van der Waals surface area contributed by atoms with Crippen molar-refractivity contribution < 1.29 is 9.18 Å². The molecule has 0 bridgehead atoms. The summed E-state index contributed by atoms with van der Waals surface area (Å²) in [4.78, 5) is 13.5. The summed E-state index contributed by atoms with van der Waals surface area (Å²) in [7, 11) is 0. The first-order valence-electron chi connectivity index (χ1n) is 8.36. The van der Waals surface area contributed by atoms with Crippen molar-refractivity contribution >= 4 is 5.91 Å². The van der Waals surface area contributed by atoms with E-state index in [1.165, 1.54) is 23.4 Å². The van der Waals surface area contributed by atoms with Crippen molar-refractivity contribution in [2.75, 3.05) is 0 Å². The van der Waals surface area contributed by atoms with Crippen LogP contribution in [0.3, 0.4) is 0 Å². The van der Waals surface area contributed by atoms with Gasteiger partial charge in [-0.3, -0.25) is 4.79 Å². The molecule has 1 heterocycles. The second-order valence-corrected chi connectivity index (χ2v) is 6.60. The van der Waals surface area contributed by atoms with E-state index in [2.05, 4.69) is 34.6 Å². The number of benzene rings is 1. The number of hydrogen-bond donors (Lipinski definition) is 1. The van der Waals surface area contributed by atoms with Crippen LogP contribution < -0.4 is 5.32 Å². The minimum atomic E-state index is -0.359. The largest absolute Gasteiger partial charge is 0.351 e. The van der Waals surface area contributed by atoms with Gasteiger partial charge in [-0.25, -0.2) is 4.39 Å². The summed E-state index contributed by atoms with van der Waals surface area (Å²) in [6.45, 7) is 4.43. The number of carbonyl (C=O) groups excluding carboxylic acids is 1. The summed E-state index contributed by atoms with van der Waals surface area (Å²) in [6, 6.07) is 6.19. The number of tetrazole rings is 1. The van der Waals surface area contributed by atoms with Crippen LogP contribution in [0, 0.1) is 17.7 Å². The average molecular weight is 331 g/mol. The monoisotopic (exact) mass is 331 g/mol. The summed E-state index contributed by atoms with van der Waals surface area (Å²) in [5, 5.41) is 15.0. The summed E-state index contributed by atoms with van der Waals surface area (Å²) in [6.07, 6.45) is 3.37. The van der Waals surface area contributed by atoms with Gasteiger partial charge in [0.2, 0.25) is 11.7 Å². The van der Waals surface area contributed by atoms with Crippen molar-refractivity contribution in [2.24, 2.45) is 11.8 Å². The van der Waals surface area contributed by atoms with Gasteiger partial charge in [0, 0.05) is 11.6 Å². The molecule has 1 amide bonds. The standard InChI is InChI=1S/C17H22FN5O/c1-11-5-3-8-15(12(11)2)19-16(24)10-23-21-17(20-22-23)13-6-4-7-14(18)9-13/h4,6-7,9,11-12,15H,3,5,8,10H2,1-2H3,(H,19,24)/t11-,12+,15+/m0/s1. The number of halogens is 1. The molecule has 3 rings (SSSR count). The molecular formula is C17H22FN5O. The quantitative estimate of drug-likeness (QED) is 0.934. The normalized spacial score (nSPS) is 23.9. The van der Waals surface area contributed by atoms with Crippen molar-refractivity contribution in [3.05, 3.63) is 30.1 Å². The zero-order valence-corrected chi connectivity index (χ0v) is 13.9. The summed E-state index contributed by atoms with van der Waals surface area (Å²) in [5.41, 5.74) is 0.538. The number of carbonyl (C=O) groups is 1. The maximum atomic E-state index is 13.3. The first-order chi connectivity index (χ1) is 11.5. The topological polar surface area (TPSA) is 72.7 Å². The maximum absolute atomic E-state index is 13.3. The fraction of sp³-hybridized carbons (Fsp3) is 0.529. The average Bonchev–Trinajstić information content (AvgIpc) is 3.00. The van der Waals surface area contributed by atoms with Crippen LogP contribution >= 0.6 is 0 Å². The van der Waals surface area contributed by atoms with Gasteiger partial charge in [0.1, 0.15) is 12.4 Å². The molecule has 7 heteroatoms. The van der Waals surface area contributed by atoms with Gasteiger partial charge in [0.25, 0.3) is 0 Å². The van der Waals surface area contributed by atoms with E-state index in [0.717, 1.165) is 12.8 Å². The third-order valence-electron chi connectivity index (χ3n) is 4.87. The lowest BCUT2D eigenvalue weighted by Gasteiger charge is -2.34. The Morgan fingerprint density at radius 2 is 2.21 bits per heavy atom. The third-order valence-corrected chi connectivity index (χ3v) is 4.87. The molecule has 6 nitrogen and oxygen atoms in total. The molecular weight excluding hydrogens is 309 g/mol. The van der Waals surface area contributed by atoms with E-state index in [9.17, 15) is 9.18 Å². The van der Waals surface area contributed by atoms with Gasteiger partial charge in [-0.05, 0) is 35.6 Å². The number of aromatic nitrogens is 4. The molecule has 1 aliphatic carbocycles. The predicted octanol–water partition coefficient (Wildman–Crippen LogP) is 2.42. The molecule has 0 aliphatic heterocycles. The lowest BCUT2D eigenvalue weighted by atomic mass is 9.78. The highest BCUT2D eigenvalue weighted by atomic mass is 19.1. The third kappa shape index (κ3) is 3.77. The van der Waals surface area contributed by atoms with Gasteiger partial charge in [-0.15, -0.1) is 10.2 Å². The Morgan fingerprint density at radius 1 is 1.38 bits per heavy atom. The predicted molar refractivity (Wildman–Crippen MR) is 87.3 cm³/mol. The van der Waals surface area contributed by atoms with E-state index >= 15 is 0 Å². The van der Waals surface area contributed by atoms with E-state index in [4.69, 9.17) is 0 Å². The zero-order valence-electron chi connectivity index (χ0n) is 13.9. The molecule has 1 saturated carbocycles. The molecule has 2 aromatic rings. The molecule has 1 fully saturated rings. The van der Waals surface area contributed by atoms with Gasteiger partial charge in [-0.1, -0.05) is 38.8 Å². The van der Waals surface area contributed by atoms with Gasteiger partial charge >= 0.3 is 0 Å². The maximum Gasteiger partial charge on any atom is 0.243 e. The van der Waals surface area contributed by atoms with Crippen molar-refractivity contribution in [2.45, 2.75) is 45.7 Å². The van der Waals surface area contributed by atoms with Crippen LogP contribution in [0.4, 0.5) is 4.39 Å². The SMILES string of the molecule is C[C@@H]1[C@@H](C)CCC[C@H]1NC(=O)Cn1nnc(-c2cccc(F)c2)n1. The van der Waals surface area contributed by atoms with E-state index in [0.29, 0.717) is 23.2 Å². The summed E-state index contributed by atoms with van der Waals surface area (Å²) >= 11 is 0. The van der Waals surface area contributed by atoms with Gasteiger partial charge < -0.3 is 5.32 Å². The fourth-order valence-corrected chi connectivity index (χ4v) is 3.22. The van der Waals surface area contributed by atoms with Crippen LogP contribution in [-0.4, -0.2) is 32.2 Å². The Kier molecular flexibility index (Phi) is 4.87. The van der Waals surface area contributed by atoms with Gasteiger partial charge in [0.05, 0.1) is 0 Å². The summed E-state index contributed by atoms with van der Waals surface area (Å²) in [5.74, 6) is 0.912. The molecule has 1 N–H and O–H groups in total. The van der Waals surface area contributed by atoms with Crippen LogP contribution in [0.25, 0.3) is 11.4 Å². The second-order valence-electron chi connectivity index (χ2n) is 6.60. The van der Waals surface area contributed by atoms with Crippen molar-refractivity contribution in [1.29, 1.82) is 0 Å². The van der Waals surface area contributed by atoms with Crippen molar-refractivity contribution in [3.8, 4) is 11.4 Å². The minimum Gasteiger partial charge on any atom is -0.351 e. The Morgan fingerprint density at radius 3 is 3.00 bits per heavy atom. The number of amides is 1. The lowest BCUT2D eigenvalue weighted by molar-refractivity contribution is -0.123. The Balaban J connectivity index is 1.61. The Labute approximate surface area is 140 Å². The van der Waals surface area contributed by atoms with E-state index in [1.54, 1.807) is 12.1 Å². The van der Waals surface area contributed by atoms with Crippen LogP contribution in [-0.2, 0) is 11.3 Å². The fourth-order valence-electron chi connectivity index (χ4n) is 3.22. The van der Waals surface area contributed by atoms with Crippen molar-refractivity contribution in [3.63, 3.8) is 0 Å². The molecule has 3 atom stereocenters. The number of rotatable bonds is 4. The molecule has 128 valence electrons. The highest BCUT2D eigenvalue weighted by Gasteiger charge is 2.28. The second kappa shape index (κ2) is 7.07. The van der Waals surface area contributed by atoms with Crippen LogP contribution in [0.5, 0.6) is 0 Å². The van der Waals surface area contributed by atoms with E-state index in [-0.39, 0.29) is 24.3 Å². The molecule has 1 aromatic heterocycles. The molecule has 1 aromatic carbocycles. The molecule has 0 saturated heterocycles. The van der Waals surface area contributed by atoms with Crippen molar-refractivity contribution in [1.82, 2.24) is 25.5 Å². The summed E-state index contributed by atoms with van der Waals surface area (Å²) < 4.78 is 13.3. The zero-order chi connectivity index (χ0) is 17.1. The molecule has 1 aliphatic rings.